The molecule has 0 aliphatic carbocycles. The van der Waals surface area contributed by atoms with Crippen molar-refractivity contribution >= 4 is 40.0 Å². The summed E-state index contributed by atoms with van der Waals surface area (Å²) in [4.78, 5) is 4.11. The van der Waals surface area contributed by atoms with Crippen molar-refractivity contribution in [2.75, 3.05) is 5.32 Å². The SMILES string of the molecule is Cc1nc(CNc2c(Cl)ccc3nsnc23)no1. The van der Waals surface area contributed by atoms with Crippen molar-refractivity contribution in [2.24, 2.45) is 0 Å². The van der Waals surface area contributed by atoms with Crippen molar-refractivity contribution in [1.29, 1.82) is 0 Å². The molecule has 0 amide bonds. The number of halogens is 1. The minimum atomic E-state index is 0.424. The number of hydrogen-bond acceptors (Lipinski definition) is 7. The molecular formula is C10H8ClN5OS. The number of anilines is 1. The Morgan fingerprint density at radius 3 is 3.06 bits per heavy atom. The van der Waals surface area contributed by atoms with Crippen molar-refractivity contribution in [3.05, 3.63) is 28.9 Å². The third kappa shape index (κ3) is 2.02. The first-order valence-corrected chi connectivity index (χ1v) is 6.28. The summed E-state index contributed by atoms with van der Waals surface area (Å²) in [6.07, 6.45) is 0. The minimum Gasteiger partial charge on any atom is -0.375 e. The molecule has 6 nitrogen and oxygen atoms in total. The van der Waals surface area contributed by atoms with E-state index in [1.54, 1.807) is 13.0 Å². The monoisotopic (exact) mass is 281 g/mol. The van der Waals surface area contributed by atoms with E-state index >= 15 is 0 Å². The molecule has 0 aliphatic heterocycles. The average molecular weight is 282 g/mol. The van der Waals surface area contributed by atoms with Crippen molar-refractivity contribution < 1.29 is 4.52 Å². The Kier molecular flexibility index (Phi) is 2.85. The predicted molar refractivity (Wildman–Crippen MR) is 68.8 cm³/mol. The summed E-state index contributed by atoms with van der Waals surface area (Å²) in [5.74, 6) is 1.11. The summed E-state index contributed by atoms with van der Waals surface area (Å²) < 4.78 is 13.3. The fourth-order valence-electron chi connectivity index (χ4n) is 1.58. The minimum absolute atomic E-state index is 0.424. The van der Waals surface area contributed by atoms with Gasteiger partial charge in [-0.15, -0.1) is 0 Å². The van der Waals surface area contributed by atoms with E-state index in [1.807, 2.05) is 6.07 Å². The second-order valence-electron chi connectivity index (χ2n) is 3.64. The van der Waals surface area contributed by atoms with Crippen LogP contribution in [0.25, 0.3) is 11.0 Å². The molecule has 8 heteroatoms. The van der Waals surface area contributed by atoms with Crippen LogP contribution in [-0.4, -0.2) is 18.9 Å². The molecule has 0 bridgehead atoms. The Hall–Kier alpha value is -1.73. The summed E-state index contributed by atoms with van der Waals surface area (Å²) in [5, 5.41) is 7.55. The van der Waals surface area contributed by atoms with Gasteiger partial charge in [-0.25, -0.2) is 0 Å². The van der Waals surface area contributed by atoms with Gasteiger partial charge in [0, 0.05) is 6.92 Å². The highest BCUT2D eigenvalue weighted by Crippen LogP contribution is 2.30. The number of fused-ring (bicyclic) bond motifs is 1. The molecule has 0 unspecified atom stereocenters. The molecule has 92 valence electrons. The molecule has 1 aromatic carbocycles. The van der Waals surface area contributed by atoms with Gasteiger partial charge >= 0.3 is 0 Å². The molecule has 0 saturated carbocycles. The summed E-state index contributed by atoms with van der Waals surface area (Å²) in [7, 11) is 0. The van der Waals surface area contributed by atoms with Gasteiger partial charge in [0.2, 0.25) is 5.89 Å². The van der Waals surface area contributed by atoms with Gasteiger partial charge in [-0.1, -0.05) is 16.8 Å². The predicted octanol–water partition coefficient (Wildman–Crippen LogP) is 2.65. The molecule has 3 rings (SSSR count). The van der Waals surface area contributed by atoms with E-state index in [2.05, 4.69) is 24.2 Å². The molecule has 1 N–H and O–H groups in total. The largest absolute Gasteiger partial charge is 0.375 e. The van der Waals surface area contributed by atoms with E-state index < -0.39 is 0 Å². The number of aryl methyl sites for hydroxylation is 1. The maximum Gasteiger partial charge on any atom is 0.223 e. The number of benzene rings is 1. The highest BCUT2D eigenvalue weighted by Gasteiger charge is 2.10. The van der Waals surface area contributed by atoms with Gasteiger partial charge < -0.3 is 9.84 Å². The Balaban J connectivity index is 1.89. The Morgan fingerprint density at radius 1 is 1.39 bits per heavy atom. The molecule has 18 heavy (non-hydrogen) atoms. The van der Waals surface area contributed by atoms with Crippen LogP contribution in [-0.2, 0) is 6.54 Å². The second kappa shape index (κ2) is 4.51. The van der Waals surface area contributed by atoms with E-state index in [-0.39, 0.29) is 0 Å². The van der Waals surface area contributed by atoms with Gasteiger partial charge in [0.15, 0.2) is 5.82 Å². The molecule has 3 aromatic rings. The van der Waals surface area contributed by atoms with Crippen LogP contribution >= 0.6 is 23.3 Å². The highest BCUT2D eigenvalue weighted by molar-refractivity contribution is 7.00. The van der Waals surface area contributed by atoms with E-state index in [0.29, 0.717) is 23.3 Å². The van der Waals surface area contributed by atoms with E-state index in [4.69, 9.17) is 16.1 Å². The third-order valence-corrected chi connectivity index (χ3v) is 3.23. The molecule has 0 radical (unpaired) electrons. The van der Waals surface area contributed by atoms with Crippen LogP contribution in [0.5, 0.6) is 0 Å². The zero-order valence-electron chi connectivity index (χ0n) is 9.35. The van der Waals surface area contributed by atoms with E-state index in [0.717, 1.165) is 28.4 Å². The second-order valence-corrected chi connectivity index (χ2v) is 4.57. The van der Waals surface area contributed by atoms with Crippen LogP contribution in [0.2, 0.25) is 5.02 Å². The van der Waals surface area contributed by atoms with Gasteiger partial charge in [0.05, 0.1) is 29.0 Å². The van der Waals surface area contributed by atoms with Crippen molar-refractivity contribution in [3.8, 4) is 0 Å². The standard InChI is InChI=1S/C10H8ClN5OS/c1-5-13-8(14-17-5)4-12-9-6(11)2-3-7-10(9)16-18-15-7/h2-3,12H,4H2,1H3. The highest BCUT2D eigenvalue weighted by atomic mass is 35.5. The normalized spacial score (nSPS) is 11.0. The van der Waals surface area contributed by atoms with Crippen molar-refractivity contribution in [3.63, 3.8) is 0 Å². The molecule has 0 spiro atoms. The van der Waals surface area contributed by atoms with Gasteiger partial charge in [-0.3, -0.25) is 0 Å². The number of nitrogens with zero attached hydrogens (tertiary/aromatic N) is 4. The fraction of sp³-hybridized carbons (Fsp3) is 0.200. The van der Waals surface area contributed by atoms with Crippen LogP contribution in [0.4, 0.5) is 5.69 Å². The lowest BCUT2D eigenvalue weighted by atomic mass is 10.2. The molecular weight excluding hydrogens is 274 g/mol. The van der Waals surface area contributed by atoms with Crippen LogP contribution in [0.1, 0.15) is 11.7 Å². The Bertz CT molecular complexity index is 694. The Morgan fingerprint density at radius 2 is 2.28 bits per heavy atom. The van der Waals surface area contributed by atoms with Gasteiger partial charge in [-0.05, 0) is 12.1 Å². The molecule has 0 saturated heterocycles. The number of nitrogens with one attached hydrogen (secondary N) is 1. The lowest BCUT2D eigenvalue weighted by Crippen LogP contribution is -2.02. The fourth-order valence-corrected chi connectivity index (χ4v) is 2.34. The van der Waals surface area contributed by atoms with Crippen LogP contribution in [0.3, 0.4) is 0 Å². The zero-order chi connectivity index (χ0) is 12.5. The van der Waals surface area contributed by atoms with Crippen molar-refractivity contribution in [2.45, 2.75) is 13.5 Å². The molecule has 0 aliphatic rings. The van der Waals surface area contributed by atoms with E-state index in [1.165, 1.54) is 0 Å². The first-order valence-electron chi connectivity index (χ1n) is 5.18. The van der Waals surface area contributed by atoms with Gasteiger partial charge in [0.25, 0.3) is 0 Å². The quantitative estimate of drug-likeness (QED) is 0.795. The lowest BCUT2D eigenvalue weighted by Gasteiger charge is -2.06. The van der Waals surface area contributed by atoms with Crippen LogP contribution in [0.15, 0.2) is 16.7 Å². The zero-order valence-corrected chi connectivity index (χ0v) is 10.9. The van der Waals surface area contributed by atoms with Gasteiger partial charge in [0.1, 0.15) is 11.0 Å². The molecule has 2 aromatic heterocycles. The molecule has 0 fully saturated rings. The summed E-state index contributed by atoms with van der Waals surface area (Å²) in [5.41, 5.74) is 2.31. The Labute approximate surface area is 111 Å². The average Bonchev–Trinajstić information content (AvgIpc) is 2.96. The maximum absolute atomic E-state index is 6.14. The number of hydrogen-bond donors (Lipinski definition) is 1. The smallest absolute Gasteiger partial charge is 0.223 e. The summed E-state index contributed by atoms with van der Waals surface area (Å²) in [6.45, 7) is 2.17. The molecule has 2 heterocycles. The lowest BCUT2D eigenvalue weighted by molar-refractivity contribution is 0.388. The summed E-state index contributed by atoms with van der Waals surface area (Å²) >= 11 is 7.29. The first-order chi connectivity index (χ1) is 8.74. The number of rotatable bonds is 3. The maximum atomic E-state index is 6.14. The molecule has 0 atom stereocenters. The van der Waals surface area contributed by atoms with Crippen molar-refractivity contribution in [1.82, 2.24) is 18.9 Å². The topological polar surface area (TPSA) is 76.7 Å². The first kappa shape index (κ1) is 11.4. The summed E-state index contributed by atoms with van der Waals surface area (Å²) in [6, 6.07) is 3.62. The van der Waals surface area contributed by atoms with E-state index in [9.17, 15) is 0 Å². The number of aromatic nitrogens is 4. The van der Waals surface area contributed by atoms with Gasteiger partial charge in [-0.2, -0.15) is 13.7 Å². The van der Waals surface area contributed by atoms with Crippen LogP contribution < -0.4 is 5.32 Å². The van der Waals surface area contributed by atoms with Crippen LogP contribution in [0, 0.1) is 6.92 Å². The third-order valence-electron chi connectivity index (χ3n) is 2.37.